The predicted octanol–water partition coefficient (Wildman–Crippen LogP) is 3.31. The first-order valence-electron chi connectivity index (χ1n) is 11.6. The van der Waals surface area contributed by atoms with E-state index in [-0.39, 0.29) is 11.6 Å². The van der Waals surface area contributed by atoms with Gasteiger partial charge in [-0.05, 0) is 49.0 Å². The van der Waals surface area contributed by atoms with Gasteiger partial charge in [0.1, 0.15) is 5.75 Å². The SMILES string of the molecule is COc1ccc2[nH]c(=O)c(CN(CCN3CCOCC3)C(=S)N[C@@H](C)c3ccccc3)cc2c1. The lowest BCUT2D eigenvalue weighted by atomic mass is 10.1. The Labute approximate surface area is 205 Å². The van der Waals surface area contributed by atoms with Crippen LogP contribution < -0.4 is 15.6 Å². The Hall–Kier alpha value is -2.94. The van der Waals surface area contributed by atoms with Crippen molar-refractivity contribution in [1.29, 1.82) is 0 Å². The molecule has 1 atom stereocenters. The summed E-state index contributed by atoms with van der Waals surface area (Å²) in [6.45, 7) is 7.39. The Morgan fingerprint density at radius 2 is 1.97 bits per heavy atom. The van der Waals surface area contributed by atoms with E-state index in [0.717, 1.165) is 55.1 Å². The first kappa shape index (κ1) is 24.2. The van der Waals surface area contributed by atoms with Crippen LogP contribution in [0.2, 0.25) is 0 Å². The van der Waals surface area contributed by atoms with Crippen LogP contribution in [0.4, 0.5) is 0 Å². The second-order valence-electron chi connectivity index (χ2n) is 8.53. The zero-order valence-corrected chi connectivity index (χ0v) is 20.6. The van der Waals surface area contributed by atoms with Crippen LogP contribution in [0.5, 0.6) is 5.75 Å². The molecular weight excluding hydrogens is 448 g/mol. The third kappa shape index (κ3) is 6.14. The molecule has 0 radical (unpaired) electrons. The van der Waals surface area contributed by atoms with Gasteiger partial charge in [-0.15, -0.1) is 0 Å². The van der Waals surface area contributed by atoms with E-state index >= 15 is 0 Å². The van der Waals surface area contributed by atoms with Crippen LogP contribution in [0.1, 0.15) is 24.1 Å². The minimum atomic E-state index is -0.104. The first-order chi connectivity index (χ1) is 16.5. The number of hydrogen-bond acceptors (Lipinski definition) is 5. The number of methoxy groups -OCH3 is 1. The average molecular weight is 481 g/mol. The molecule has 1 aliphatic heterocycles. The number of pyridine rings is 1. The second kappa shape index (κ2) is 11.5. The molecule has 1 aromatic heterocycles. The Kier molecular flexibility index (Phi) is 8.16. The number of H-pyrrole nitrogens is 1. The van der Waals surface area contributed by atoms with Crippen molar-refractivity contribution in [2.24, 2.45) is 0 Å². The number of rotatable bonds is 8. The molecule has 2 heterocycles. The fourth-order valence-electron chi connectivity index (χ4n) is 4.12. The predicted molar refractivity (Wildman–Crippen MR) is 139 cm³/mol. The van der Waals surface area contributed by atoms with Crippen molar-refractivity contribution in [2.45, 2.75) is 19.5 Å². The van der Waals surface area contributed by atoms with Gasteiger partial charge in [-0.3, -0.25) is 9.69 Å². The molecule has 7 nitrogen and oxygen atoms in total. The number of benzene rings is 2. The van der Waals surface area contributed by atoms with Crippen LogP contribution in [-0.4, -0.2) is 66.4 Å². The fraction of sp³-hybridized carbons (Fsp3) is 0.385. The van der Waals surface area contributed by atoms with Gasteiger partial charge in [-0.1, -0.05) is 30.3 Å². The van der Waals surface area contributed by atoms with Gasteiger partial charge in [-0.25, -0.2) is 0 Å². The van der Waals surface area contributed by atoms with Crippen molar-refractivity contribution in [1.82, 2.24) is 20.1 Å². The highest BCUT2D eigenvalue weighted by molar-refractivity contribution is 7.80. The van der Waals surface area contributed by atoms with E-state index in [2.05, 4.69) is 39.2 Å². The maximum Gasteiger partial charge on any atom is 0.253 e. The average Bonchev–Trinajstić information content (AvgIpc) is 2.87. The molecule has 0 bridgehead atoms. The lowest BCUT2D eigenvalue weighted by Gasteiger charge is -2.32. The number of nitrogens with zero attached hydrogens (tertiary/aromatic N) is 2. The van der Waals surface area contributed by atoms with Gasteiger partial charge in [0, 0.05) is 42.6 Å². The van der Waals surface area contributed by atoms with Crippen molar-refractivity contribution in [2.75, 3.05) is 46.5 Å². The van der Waals surface area contributed by atoms with E-state index in [9.17, 15) is 4.79 Å². The molecule has 0 aliphatic carbocycles. The standard InChI is InChI=1S/C26H32N4O3S/c1-19(20-6-4-3-5-7-20)27-26(34)30(11-10-29-12-14-33-15-13-29)18-22-16-21-17-23(32-2)8-9-24(21)28-25(22)31/h3-9,16-17,19H,10-15,18H2,1-2H3,(H,27,34)(H,28,31)/t19-/m0/s1. The Morgan fingerprint density at radius 3 is 2.71 bits per heavy atom. The highest BCUT2D eigenvalue weighted by Crippen LogP contribution is 2.19. The number of thiocarbonyl (C=S) groups is 1. The number of ether oxygens (including phenoxy) is 2. The summed E-state index contributed by atoms with van der Waals surface area (Å²) in [6, 6.07) is 17.8. The van der Waals surface area contributed by atoms with Crippen molar-refractivity contribution in [3.8, 4) is 5.75 Å². The van der Waals surface area contributed by atoms with Crippen molar-refractivity contribution < 1.29 is 9.47 Å². The van der Waals surface area contributed by atoms with Crippen LogP contribution in [0.25, 0.3) is 10.9 Å². The van der Waals surface area contributed by atoms with Gasteiger partial charge in [0.25, 0.3) is 5.56 Å². The summed E-state index contributed by atoms with van der Waals surface area (Å²) in [4.78, 5) is 20.3. The number of nitrogens with one attached hydrogen (secondary N) is 2. The van der Waals surface area contributed by atoms with Crippen LogP contribution in [0.15, 0.2) is 59.4 Å². The van der Waals surface area contributed by atoms with E-state index < -0.39 is 0 Å². The van der Waals surface area contributed by atoms with Gasteiger partial charge in [0.15, 0.2) is 5.11 Å². The highest BCUT2D eigenvalue weighted by Gasteiger charge is 2.18. The monoisotopic (exact) mass is 480 g/mol. The molecule has 0 amide bonds. The number of aromatic nitrogens is 1. The largest absolute Gasteiger partial charge is 0.497 e. The van der Waals surface area contributed by atoms with Crippen LogP contribution >= 0.6 is 12.2 Å². The topological polar surface area (TPSA) is 69.8 Å². The van der Waals surface area contributed by atoms with Gasteiger partial charge in [0.05, 0.1) is 32.9 Å². The molecule has 3 aromatic rings. The molecule has 8 heteroatoms. The molecule has 1 aliphatic rings. The van der Waals surface area contributed by atoms with Crippen molar-refractivity contribution >= 4 is 28.2 Å². The minimum Gasteiger partial charge on any atom is -0.497 e. The summed E-state index contributed by atoms with van der Waals surface area (Å²) in [7, 11) is 1.64. The molecule has 1 saturated heterocycles. The number of morpholine rings is 1. The molecule has 1 fully saturated rings. The smallest absolute Gasteiger partial charge is 0.253 e. The summed E-state index contributed by atoms with van der Waals surface area (Å²) < 4.78 is 10.8. The highest BCUT2D eigenvalue weighted by atomic mass is 32.1. The van der Waals surface area contributed by atoms with Crippen LogP contribution in [-0.2, 0) is 11.3 Å². The number of fused-ring (bicyclic) bond motifs is 1. The van der Waals surface area contributed by atoms with Gasteiger partial charge in [-0.2, -0.15) is 0 Å². The maximum absolute atomic E-state index is 12.9. The van der Waals surface area contributed by atoms with Gasteiger partial charge in [0.2, 0.25) is 0 Å². The van der Waals surface area contributed by atoms with E-state index in [1.54, 1.807) is 7.11 Å². The molecule has 2 N–H and O–H groups in total. The third-order valence-electron chi connectivity index (χ3n) is 6.21. The Bertz CT molecular complexity index is 1160. The summed E-state index contributed by atoms with van der Waals surface area (Å²) >= 11 is 5.84. The van der Waals surface area contributed by atoms with Crippen molar-refractivity contribution in [3.05, 3.63) is 76.1 Å². The fourth-order valence-corrected chi connectivity index (χ4v) is 4.45. The molecule has 0 unspecified atom stereocenters. The minimum absolute atomic E-state index is 0.0544. The van der Waals surface area contributed by atoms with E-state index in [1.165, 1.54) is 0 Å². The molecular formula is C26H32N4O3S. The Morgan fingerprint density at radius 1 is 1.21 bits per heavy atom. The first-order valence-corrected chi connectivity index (χ1v) is 12.0. The lowest BCUT2D eigenvalue weighted by molar-refractivity contribution is 0.0357. The third-order valence-corrected chi connectivity index (χ3v) is 6.58. The summed E-state index contributed by atoms with van der Waals surface area (Å²) in [5, 5.41) is 5.02. The van der Waals surface area contributed by atoms with Crippen molar-refractivity contribution in [3.63, 3.8) is 0 Å². The molecule has 0 saturated carbocycles. The van der Waals surface area contributed by atoms with Gasteiger partial charge < -0.3 is 24.7 Å². The molecule has 180 valence electrons. The van der Waals surface area contributed by atoms with Gasteiger partial charge >= 0.3 is 0 Å². The van der Waals surface area contributed by atoms with E-state index in [4.69, 9.17) is 21.7 Å². The summed E-state index contributed by atoms with van der Waals surface area (Å²) in [6.07, 6.45) is 0. The second-order valence-corrected chi connectivity index (χ2v) is 8.92. The normalized spacial score (nSPS) is 15.1. The van der Waals surface area contributed by atoms with Crippen LogP contribution in [0, 0.1) is 0 Å². The zero-order chi connectivity index (χ0) is 23.9. The van der Waals surface area contributed by atoms with Crippen LogP contribution in [0.3, 0.4) is 0 Å². The number of aromatic amines is 1. The summed E-state index contributed by atoms with van der Waals surface area (Å²) in [5.41, 5.74) is 2.51. The zero-order valence-electron chi connectivity index (χ0n) is 19.8. The van der Waals surface area contributed by atoms with E-state index in [1.807, 2.05) is 42.5 Å². The summed E-state index contributed by atoms with van der Waals surface area (Å²) in [5.74, 6) is 0.753. The molecule has 2 aromatic carbocycles. The number of hydrogen-bond donors (Lipinski definition) is 2. The Balaban J connectivity index is 1.54. The molecule has 0 spiro atoms. The maximum atomic E-state index is 12.9. The quantitative estimate of drug-likeness (QED) is 0.480. The van der Waals surface area contributed by atoms with E-state index in [0.29, 0.717) is 23.8 Å². The molecule has 34 heavy (non-hydrogen) atoms. The lowest BCUT2D eigenvalue weighted by Crippen LogP contribution is -2.46. The molecule has 4 rings (SSSR count).